The SMILES string of the molecule is CCCCCCCCCCCCC(C)C(C(=O)O)c1ccccc1F. The average Bonchev–Trinajstić information content (AvgIpc) is 2.58. The van der Waals surface area contributed by atoms with Gasteiger partial charge in [0.15, 0.2) is 0 Å². The fraction of sp³-hybridized carbons (Fsp3) is 0.682. The molecular formula is C22H35FO2. The smallest absolute Gasteiger partial charge is 0.311 e. The van der Waals surface area contributed by atoms with Crippen LogP contribution in [0.2, 0.25) is 0 Å². The maximum Gasteiger partial charge on any atom is 0.311 e. The fourth-order valence-electron chi connectivity index (χ4n) is 3.53. The van der Waals surface area contributed by atoms with Gasteiger partial charge in [-0.3, -0.25) is 4.79 Å². The van der Waals surface area contributed by atoms with Gasteiger partial charge in [-0.1, -0.05) is 96.3 Å². The second-order valence-corrected chi connectivity index (χ2v) is 7.29. The first kappa shape index (κ1) is 21.7. The molecule has 0 heterocycles. The van der Waals surface area contributed by atoms with Crippen LogP contribution >= 0.6 is 0 Å². The Morgan fingerprint density at radius 1 is 0.960 bits per heavy atom. The summed E-state index contributed by atoms with van der Waals surface area (Å²) in [5.41, 5.74) is 0.314. The third-order valence-electron chi connectivity index (χ3n) is 5.09. The number of carboxylic acids is 1. The lowest BCUT2D eigenvalue weighted by Gasteiger charge is -2.21. The van der Waals surface area contributed by atoms with Crippen molar-refractivity contribution in [3.63, 3.8) is 0 Å². The highest BCUT2D eigenvalue weighted by molar-refractivity contribution is 5.76. The van der Waals surface area contributed by atoms with Gasteiger partial charge in [-0.05, 0) is 18.4 Å². The lowest BCUT2D eigenvalue weighted by molar-refractivity contribution is -0.140. The van der Waals surface area contributed by atoms with E-state index in [0.717, 1.165) is 19.3 Å². The minimum atomic E-state index is -0.926. The van der Waals surface area contributed by atoms with Crippen molar-refractivity contribution in [1.29, 1.82) is 0 Å². The highest BCUT2D eigenvalue weighted by Crippen LogP contribution is 2.30. The van der Waals surface area contributed by atoms with Crippen molar-refractivity contribution in [1.82, 2.24) is 0 Å². The maximum absolute atomic E-state index is 13.9. The van der Waals surface area contributed by atoms with Crippen molar-refractivity contribution >= 4 is 5.97 Å². The van der Waals surface area contributed by atoms with Gasteiger partial charge in [0.25, 0.3) is 0 Å². The molecule has 142 valence electrons. The van der Waals surface area contributed by atoms with Crippen molar-refractivity contribution < 1.29 is 14.3 Å². The molecule has 0 saturated heterocycles. The molecule has 0 aliphatic heterocycles. The van der Waals surface area contributed by atoms with Crippen LogP contribution in [0, 0.1) is 11.7 Å². The van der Waals surface area contributed by atoms with Gasteiger partial charge in [0.1, 0.15) is 5.82 Å². The second kappa shape index (κ2) is 12.9. The van der Waals surface area contributed by atoms with E-state index in [1.165, 1.54) is 57.4 Å². The molecule has 3 heteroatoms. The Morgan fingerprint density at radius 3 is 2.00 bits per heavy atom. The van der Waals surface area contributed by atoms with E-state index >= 15 is 0 Å². The Kier molecular flexibility index (Phi) is 11.2. The molecule has 25 heavy (non-hydrogen) atoms. The van der Waals surface area contributed by atoms with Crippen LogP contribution in [0.25, 0.3) is 0 Å². The van der Waals surface area contributed by atoms with Gasteiger partial charge in [-0.15, -0.1) is 0 Å². The van der Waals surface area contributed by atoms with Crippen LogP contribution in [0.3, 0.4) is 0 Å². The molecule has 0 aliphatic rings. The third kappa shape index (κ3) is 8.51. The summed E-state index contributed by atoms with van der Waals surface area (Å²) < 4.78 is 13.9. The summed E-state index contributed by atoms with van der Waals surface area (Å²) >= 11 is 0. The quantitative estimate of drug-likeness (QED) is 0.369. The monoisotopic (exact) mass is 350 g/mol. The minimum Gasteiger partial charge on any atom is -0.481 e. The lowest BCUT2D eigenvalue weighted by atomic mass is 9.83. The van der Waals surface area contributed by atoms with E-state index in [9.17, 15) is 14.3 Å². The summed E-state index contributed by atoms with van der Waals surface area (Å²) in [6, 6.07) is 6.26. The summed E-state index contributed by atoms with van der Waals surface area (Å²) in [7, 11) is 0. The molecule has 2 atom stereocenters. The normalized spacial score (nSPS) is 13.6. The van der Waals surface area contributed by atoms with E-state index in [1.807, 2.05) is 6.92 Å². The number of benzene rings is 1. The van der Waals surface area contributed by atoms with Crippen LogP contribution in [0.4, 0.5) is 4.39 Å². The van der Waals surface area contributed by atoms with Crippen molar-refractivity contribution in [2.45, 2.75) is 90.4 Å². The van der Waals surface area contributed by atoms with Crippen molar-refractivity contribution in [2.75, 3.05) is 0 Å². The molecule has 0 bridgehead atoms. The molecule has 0 spiro atoms. The van der Waals surface area contributed by atoms with E-state index in [2.05, 4.69) is 6.92 Å². The lowest BCUT2D eigenvalue weighted by Crippen LogP contribution is -2.20. The Labute approximate surface area is 152 Å². The summed E-state index contributed by atoms with van der Waals surface area (Å²) in [5.74, 6) is -2.14. The molecule has 0 saturated carbocycles. The average molecular weight is 351 g/mol. The maximum atomic E-state index is 13.9. The summed E-state index contributed by atoms with van der Waals surface area (Å²) in [5, 5.41) is 9.52. The first-order chi connectivity index (χ1) is 12.1. The zero-order valence-electron chi connectivity index (χ0n) is 16.0. The van der Waals surface area contributed by atoms with Gasteiger partial charge in [0.05, 0.1) is 5.92 Å². The number of hydrogen-bond acceptors (Lipinski definition) is 1. The number of halogens is 1. The molecule has 0 radical (unpaired) electrons. The number of hydrogen-bond donors (Lipinski definition) is 1. The molecule has 2 nitrogen and oxygen atoms in total. The molecular weight excluding hydrogens is 315 g/mol. The minimum absolute atomic E-state index is 0.0524. The largest absolute Gasteiger partial charge is 0.481 e. The molecule has 1 aromatic rings. The molecule has 1 N–H and O–H groups in total. The number of aliphatic carboxylic acids is 1. The molecule has 0 aromatic heterocycles. The fourth-order valence-corrected chi connectivity index (χ4v) is 3.53. The van der Waals surface area contributed by atoms with E-state index in [-0.39, 0.29) is 5.92 Å². The molecule has 1 aromatic carbocycles. The van der Waals surface area contributed by atoms with E-state index in [1.54, 1.807) is 18.2 Å². The van der Waals surface area contributed by atoms with Gasteiger partial charge >= 0.3 is 5.97 Å². The van der Waals surface area contributed by atoms with Crippen LogP contribution in [-0.4, -0.2) is 11.1 Å². The highest BCUT2D eigenvalue weighted by atomic mass is 19.1. The zero-order valence-corrected chi connectivity index (χ0v) is 16.0. The Morgan fingerprint density at radius 2 is 1.48 bits per heavy atom. The zero-order chi connectivity index (χ0) is 18.5. The topological polar surface area (TPSA) is 37.3 Å². The van der Waals surface area contributed by atoms with Gasteiger partial charge in [-0.25, -0.2) is 4.39 Å². The summed E-state index contributed by atoms with van der Waals surface area (Å²) in [4.78, 5) is 11.6. The second-order valence-electron chi connectivity index (χ2n) is 7.29. The van der Waals surface area contributed by atoms with E-state index < -0.39 is 17.7 Å². The predicted molar refractivity (Wildman–Crippen MR) is 102 cm³/mol. The predicted octanol–water partition coefficient (Wildman–Crippen LogP) is 6.94. The van der Waals surface area contributed by atoms with Crippen molar-refractivity contribution in [2.24, 2.45) is 5.92 Å². The van der Waals surface area contributed by atoms with Gasteiger partial charge in [0, 0.05) is 5.56 Å². The number of carbonyl (C=O) groups is 1. The van der Waals surface area contributed by atoms with E-state index in [0.29, 0.717) is 5.56 Å². The first-order valence-electron chi connectivity index (χ1n) is 10.0. The molecule has 1 rings (SSSR count). The number of rotatable bonds is 14. The van der Waals surface area contributed by atoms with Crippen molar-refractivity contribution in [3.8, 4) is 0 Å². The van der Waals surface area contributed by atoms with Crippen LogP contribution in [0.15, 0.2) is 24.3 Å². The Hall–Kier alpha value is -1.38. The van der Waals surface area contributed by atoms with Crippen molar-refractivity contribution in [3.05, 3.63) is 35.6 Å². The Balaban J connectivity index is 2.25. The third-order valence-corrected chi connectivity index (χ3v) is 5.09. The van der Waals surface area contributed by atoms with Crippen LogP contribution in [0.5, 0.6) is 0 Å². The van der Waals surface area contributed by atoms with Crippen LogP contribution in [-0.2, 0) is 4.79 Å². The molecule has 0 fully saturated rings. The standard InChI is InChI=1S/C22H35FO2/c1-3-4-5-6-7-8-9-10-11-12-15-18(2)21(22(24)25)19-16-13-14-17-20(19)23/h13-14,16-18,21H,3-12,15H2,1-2H3,(H,24,25). The summed E-state index contributed by atoms with van der Waals surface area (Å²) in [6.45, 7) is 4.17. The van der Waals surface area contributed by atoms with Gasteiger partial charge in [-0.2, -0.15) is 0 Å². The molecule has 2 unspecified atom stereocenters. The number of unbranched alkanes of at least 4 members (excludes halogenated alkanes) is 9. The highest BCUT2D eigenvalue weighted by Gasteiger charge is 2.28. The van der Waals surface area contributed by atoms with Gasteiger partial charge < -0.3 is 5.11 Å². The molecule has 0 aliphatic carbocycles. The van der Waals surface area contributed by atoms with E-state index in [4.69, 9.17) is 0 Å². The van der Waals surface area contributed by atoms with Gasteiger partial charge in [0.2, 0.25) is 0 Å². The number of carboxylic acid groups (broad SMARTS) is 1. The van der Waals surface area contributed by atoms with Crippen LogP contribution in [0.1, 0.15) is 96.0 Å². The molecule has 0 amide bonds. The van der Waals surface area contributed by atoms with Crippen LogP contribution < -0.4 is 0 Å². The summed E-state index contributed by atoms with van der Waals surface area (Å²) in [6.07, 6.45) is 13.5. The first-order valence-corrected chi connectivity index (χ1v) is 10.0. The Bertz CT molecular complexity index is 487.